The van der Waals surface area contributed by atoms with Crippen LogP contribution in [-0.4, -0.2) is 35.9 Å². The minimum atomic E-state index is -0.719. The SMILES string of the molecule is CCCCNC(=O)[C@@H](Cc1ccccc1)N(Cc1ccccc1Cl)C(=O)COc1ccc(Br)c(C)c1. The van der Waals surface area contributed by atoms with Crippen LogP contribution in [-0.2, 0) is 22.6 Å². The number of nitrogens with one attached hydrogen (secondary N) is 1. The number of ether oxygens (including phenoxy) is 1. The molecule has 5 nitrogen and oxygen atoms in total. The van der Waals surface area contributed by atoms with Crippen molar-refractivity contribution >= 4 is 39.3 Å². The van der Waals surface area contributed by atoms with Gasteiger partial charge in [0.2, 0.25) is 5.91 Å². The van der Waals surface area contributed by atoms with Crippen LogP contribution in [0.15, 0.2) is 77.3 Å². The van der Waals surface area contributed by atoms with Gasteiger partial charge in [-0.1, -0.05) is 89.4 Å². The molecular weight excluding hydrogens is 540 g/mol. The number of benzene rings is 3. The summed E-state index contributed by atoms with van der Waals surface area (Å²) >= 11 is 9.93. The van der Waals surface area contributed by atoms with Crippen molar-refractivity contribution in [3.05, 3.63) is 99.0 Å². The lowest BCUT2D eigenvalue weighted by atomic mass is 10.0. The van der Waals surface area contributed by atoms with E-state index in [4.69, 9.17) is 16.3 Å². The largest absolute Gasteiger partial charge is 0.484 e. The van der Waals surface area contributed by atoms with E-state index < -0.39 is 6.04 Å². The number of rotatable bonds is 12. The summed E-state index contributed by atoms with van der Waals surface area (Å²) < 4.78 is 6.82. The Kier molecular flexibility index (Phi) is 10.8. The number of nitrogens with zero attached hydrogens (tertiary/aromatic N) is 1. The van der Waals surface area contributed by atoms with Crippen LogP contribution in [0.25, 0.3) is 0 Å². The molecule has 0 heterocycles. The molecule has 190 valence electrons. The van der Waals surface area contributed by atoms with Crippen LogP contribution in [0.3, 0.4) is 0 Å². The van der Waals surface area contributed by atoms with E-state index >= 15 is 0 Å². The number of hydrogen-bond donors (Lipinski definition) is 1. The molecule has 0 saturated carbocycles. The first-order valence-electron chi connectivity index (χ1n) is 12.1. The van der Waals surface area contributed by atoms with Gasteiger partial charge in [0.25, 0.3) is 5.91 Å². The van der Waals surface area contributed by atoms with Gasteiger partial charge in [0.15, 0.2) is 6.61 Å². The van der Waals surface area contributed by atoms with Gasteiger partial charge in [-0.3, -0.25) is 9.59 Å². The molecule has 0 bridgehead atoms. The summed E-state index contributed by atoms with van der Waals surface area (Å²) in [5.41, 5.74) is 2.74. The van der Waals surface area contributed by atoms with Gasteiger partial charge in [-0.2, -0.15) is 0 Å². The monoisotopic (exact) mass is 570 g/mol. The van der Waals surface area contributed by atoms with Gasteiger partial charge < -0.3 is 15.0 Å². The Morgan fingerprint density at radius 2 is 1.78 bits per heavy atom. The molecule has 0 saturated heterocycles. The van der Waals surface area contributed by atoms with Crippen molar-refractivity contribution in [3.8, 4) is 5.75 Å². The maximum Gasteiger partial charge on any atom is 0.261 e. The number of carbonyl (C=O) groups is 2. The lowest BCUT2D eigenvalue weighted by Gasteiger charge is -2.31. The summed E-state index contributed by atoms with van der Waals surface area (Å²) in [5.74, 6) is 0.114. The summed E-state index contributed by atoms with van der Waals surface area (Å²) in [6.45, 7) is 4.59. The predicted molar refractivity (Wildman–Crippen MR) is 148 cm³/mol. The Balaban J connectivity index is 1.89. The number of halogens is 2. The van der Waals surface area contributed by atoms with Crippen LogP contribution < -0.4 is 10.1 Å². The van der Waals surface area contributed by atoms with E-state index in [-0.39, 0.29) is 25.0 Å². The summed E-state index contributed by atoms with van der Waals surface area (Å²) in [4.78, 5) is 28.6. The molecular formula is C29H32BrClN2O3. The molecule has 0 aliphatic heterocycles. The van der Waals surface area contributed by atoms with E-state index in [1.807, 2.05) is 73.7 Å². The number of unbranched alkanes of at least 4 members (excludes halogenated alkanes) is 1. The zero-order valence-electron chi connectivity index (χ0n) is 20.7. The third-order valence-electron chi connectivity index (χ3n) is 5.89. The molecule has 0 aromatic heterocycles. The van der Waals surface area contributed by atoms with Crippen molar-refractivity contribution in [1.82, 2.24) is 10.2 Å². The Labute approximate surface area is 226 Å². The molecule has 0 fully saturated rings. The fourth-order valence-electron chi connectivity index (χ4n) is 3.81. The van der Waals surface area contributed by atoms with Gasteiger partial charge in [0, 0.05) is 29.0 Å². The normalized spacial score (nSPS) is 11.6. The molecule has 3 rings (SSSR count). The number of aryl methyl sites for hydroxylation is 1. The zero-order valence-corrected chi connectivity index (χ0v) is 23.0. The molecule has 3 aromatic rings. The summed E-state index contributed by atoms with van der Waals surface area (Å²) in [6, 6.07) is 21.9. The molecule has 1 atom stereocenters. The lowest BCUT2D eigenvalue weighted by Crippen LogP contribution is -2.51. The van der Waals surface area contributed by atoms with Crippen LogP contribution in [0, 0.1) is 6.92 Å². The minimum Gasteiger partial charge on any atom is -0.484 e. The van der Waals surface area contributed by atoms with Gasteiger partial charge in [-0.05, 0) is 54.3 Å². The fourth-order valence-corrected chi connectivity index (χ4v) is 4.25. The van der Waals surface area contributed by atoms with E-state index in [0.717, 1.165) is 34.0 Å². The summed E-state index contributed by atoms with van der Waals surface area (Å²) in [5, 5.41) is 3.56. The minimum absolute atomic E-state index is 0.188. The highest BCUT2D eigenvalue weighted by atomic mass is 79.9. The maximum absolute atomic E-state index is 13.6. The molecule has 7 heteroatoms. The standard InChI is InChI=1S/C29H32BrClN2O3/c1-3-4-16-32-29(35)27(18-22-10-6-5-7-11-22)33(19-23-12-8-9-13-26(23)31)28(34)20-36-24-14-15-25(30)21(2)17-24/h5-15,17,27H,3-4,16,18-20H2,1-2H3,(H,32,35)/t27-/m1/s1. The Morgan fingerprint density at radius 1 is 1.06 bits per heavy atom. The fraction of sp³-hybridized carbons (Fsp3) is 0.310. The summed E-state index contributed by atoms with van der Waals surface area (Å²) in [7, 11) is 0. The predicted octanol–water partition coefficient (Wildman–Crippen LogP) is 6.35. The molecule has 3 aromatic carbocycles. The first-order valence-corrected chi connectivity index (χ1v) is 13.3. The van der Waals surface area contributed by atoms with E-state index in [1.165, 1.54) is 0 Å². The number of carbonyl (C=O) groups excluding carboxylic acids is 2. The Bertz CT molecular complexity index is 1160. The zero-order chi connectivity index (χ0) is 25.9. The Hall–Kier alpha value is -2.83. The van der Waals surface area contributed by atoms with Crippen molar-refractivity contribution in [2.75, 3.05) is 13.2 Å². The van der Waals surface area contributed by atoms with Crippen molar-refractivity contribution < 1.29 is 14.3 Å². The van der Waals surface area contributed by atoms with Crippen molar-refractivity contribution in [1.29, 1.82) is 0 Å². The van der Waals surface area contributed by atoms with Gasteiger partial charge in [-0.15, -0.1) is 0 Å². The third-order valence-corrected chi connectivity index (χ3v) is 7.15. The van der Waals surface area contributed by atoms with E-state index in [0.29, 0.717) is 23.7 Å². The molecule has 1 N–H and O–H groups in total. The highest BCUT2D eigenvalue weighted by molar-refractivity contribution is 9.10. The maximum atomic E-state index is 13.6. The molecule has 0 aliphatic rings. The van der Waals surface area contributed by atoms with Crippen LogP contribution in [0.4, 0.5) is 0 Å². The average molecular weight is 572 g/mol. The third kappa shape index (κ3) is 8.10. The highest BCUT2D eigenvalue weighted by Crippen LogP contribution is 2.23. The molecule has 0 aliphatic carbocycles. The van der Waals surface area contributed by atoms with Crippen LogP contribution in [0.2, 0.25) is 5.02 Å². The molecule has 0 radical (unpaired) electrons. The van der Waals surface area contributed by atoms with Crippen molar-refractivity contribution in [2.45, 2.75) is 45.7 Å². The second kappa shape index (κ2) is 14.0. The van der Waals surface area contributed by atoms with Crippen LogP contribution in [0.5, 0.6) is 5.75 Å². The van der Waals surface area contributed by atoms with E-state index in [2.05, 4.69) is 28.2 Å². The van der Waals surface area contributed by atoms with Crippen LogP contribution >= 0.6 is 27.5 Å². The topological polar surface area (TPSA) is 58.6 Å². The molecule has 0 unspecified atom stereocenters. The lowest BCUT2D eigenvalue weighted by molar-refractivity contribution is -0.142. The first-order chi connectivity index (χ1) is 17.4. The van der Waals surface area contributed by atoms with Crippen molar-refractivity contribution in [3.63, 3.8) is 0 Å². The van der Waals surface area contributed by atoms with E-state index in [1.54, 1.807) is 11.0 Å². The second-order valence-electron chi connectivity index (χ2n) is 8.66. The van der Waals surface area contributed by atoms with Gasteiger partial charge in [-0.25, -0.2) is 0 Å². The number of hydrogen-bond acceptors (Lipinski definition) is 3. The first kappa shape index (κ1) is 27.8. The average Bonchev–Trinajstić information content (AvgIpc) is 2.88. The number of amides is 2. The molecule has 2 amide bonds. The Morgan fingerprint density at radius 3 is 2.47 bits per heavy atom. The second-order valence-corrected chi connectivity index (χ2v) is 9.92. The highest BCUT2D eigenvalue weighted by Gasteiger charge is 2.31. The van der Waals surface area contributed by atoms with Crippen molar-refractivity contribution in [2.24, 2.45) is 0 Å². The summed E-state index contributed by atoms with van der Waals surface area (Å²) in [6.07, 6.45) is 2.22. The quantitative estimate of drug-likeness (QED) is 0.258. The molecule has 36 heavy (non-hydrogen) atoms. The van der Waals surface area contributed by atoms with E-state index in [9.17, 15) is 9.59 Å². The smallest absolute Gasteiger partial charge is 0.261 e. The van der Waals surface area contributed by atoms with Crippen LogP contribution in [0.1, 0.15) is 36.5 Å². The van der Waals surface area contributed by atoms with Gasteiger partial charge in [0.1, 0.15) is 11.8 Å². The van der Waals surface area contributed by atoms with Gasteiger partial charge in [0.05, 0.1) is 0 Å². The molecule has 0 spiro atoms. The van der Waals surface area contributed by atoms with Gasteiger partial charge >= 0.3 is 0 Å².